The minimum absolute atomic E-state index is 0.444. The molecule has 0 amide bonds. The quantitative estimate of drug-likeness (QED) is 0.717. The molecular formula is C16H32N2O. The van der Waals surface area contributed by atoms with Crippen molar-refractivity contribution in [2.45, 2.75) is 82.9 Å². The third-order valence-corrected chi connectivity index (χ3v) is 5.04. The summed E-state index contributed by atoms with van der Waals surface area (Å²) in [5, 5.41) is 17.7. The van der Waals surface area contributed by atoms with Gasteiger partial charge in [0.1, 0.15) is 0 Å². The summed E-state index contributed by atoms with van der Waals surface area (Å²) in [6, 6.07) is 1.18. The van der Waals surface area contributed by atoms with Gasteiger partial charge in [0, 0.05) is 18.6 Å². The minimum Gasteiger partial charge on any atom is -0.389 e. The molecule has 1 heterocycles. The van der Waals surface area contributed by atoms with Crippen LogP contribution in [0.1, 0.15) is 65.2 Å². The van der Waals surface area contributed by atoms with Crippen LogP contribution in [0.3, 0.4) is 0 Å². The van der Waals surface area contributed by atoms with Crippen molar-refractivity contribution in [1.82, 2.24) is 10.6 Å². The zero-order chi connectivity index (χ0) is 13.7. The summed E-state index contributed by atoms with van der Waals surface area (Å²) in [5.74, 6) is 0.795. The molecule has 2 unspecified atom stereocenters. The molecular weight excluding hydrogens is 236 g/mol. The Morgan fingerprint density at radius 2 is 2.00 bits per heavy atom. The Labute approximate surface area is 118 Å². The van der Waals surface area contributed by atoms with Gasteiger partial charge >= 0.3 is 0 Å². The molecule has 2 aliphatic rings. The van der Waals surface area contributed by atoms with Crippen molar-refractivity contribution < 1.29 is 5.11 Å². The highest BCUT2D eigenvalue weighted by Gasteiger charge is 2.31. The first-order valence-electron chi connectivity index (χ1n) is 8.26. The fourth-order valence-corrected chi connectivity index (χ4v) is 3.48. The molecule has 1 aliphatic carbocycles. The van der Waals surface area contributed by atoms with Gasteiger partial charge in [-0.1, -0.05) is 13.3 Å². The summed E-state index contributed by atoms with van der Waals surface area (Å²) in [5.41, 5.74) is -0.444. The zero-order valence-electron chi connectivity index (χ0n) is 12.8. The van der Waals surface area contributed by atoms with E-state index in [9.17, 15) is 5.11 Å². The Balaban J connectivity index is 1.66. The van der Waals surface area contributed by atoms with E-state index in [1.165, 1.54) is 45.1 Å². The van der Waals surface area contributed by atoms with Crippen LogP contribution in [0.15, 0.2) is 0 Å². The van der Waals surface area contributed by atoms with Crippen LogP contribution >= 0.6 is 0 Å². The molecule has 0 bridgehead atoms. The van der Waals surface area contributed by atoms with Gasteiger partial charge in [0.05, 0.1) is 5.60 Å². The standard InChI is InChI=1S/C16H32N2O/c1-13-6-8-16(19,9-7-13)12-18-14(2)11-15-5-3-4-10-17-15/h13-15,17-19H,3-12H2,1-2H3. The summed E-state index contributed by atoms with van der Waals surface area (Å²) in [4.78, 5) is 0. The van der Waals surface area contributed by atoms with Crippen LogP contribution < -0.4 is 10.6 Å². The second-order valence-corrected chi connectivity index (χ2v) is 7.07. The van der Waals surface area contributed by atoms with E-state index in [0.29, 0.717) is 12.1 Å². The Hall–Kier alpha value is -0.120. The molecule has 0 aromatic heterocycles. The molecule has 3 N–H and O–H groups in total. The topological polar surface area (TPSA) is 44.3 Å². The first kappa shape index (κ1) is 15.3. The maximum absolute atomic E-state index is 10.6. The van der Waals surface area contributed by atoms with E-state index in [1.54, 1.807) is 0 Å². The van der Waals surface area contributed by atoms with E-state index in [2.05, 4.69) is 24.5 Å². The summed E-state index contributed by atoms with van der Waals surface area (Å²) in [6.45, 7) is 6.50. The molecule has 0 aromatic rings. The number of hydrogen-bond acceptors (Lipinski definition) is 3. The second-order valence-electron chi connectivity index (χ2n) is 7.07. The van der Waals surface area contributed by atoms with Crippen molar-refractivity contribution in [3.05, 3.63) is 0 Å². The first-order chi connectivity index (χ1) is 9.07. The normalized spacial score (nSPS) is 38.1. The van der Waals surface area contributed by atoms with E-state index in [-0.39, 0.29) is 0 Å². The highest BCUT2D eigenvalue weighted by Crippen LogP contribution is 2.31. The fraction of sp³-hybridized carbons (Fsp3) is 1.00. The van der Waals surface area contributed by atoms with Gasteiger partial charge in [-0.05, 0) is 64.3 Å². The Kier molecular flexibility index (Phi) is 5.67. The molecule has 112 valence electrons. The number of rotatable bonds is 5. The molecule has 3 nitrogen and oxygen atoms in total. The van der Waals surface area contributed by atoms with Crippen molar-refractivity contribution in [3.63, 3.8) is 0 Å². The Morgan fingerprint density at radius 3 is 2.63 bits per heavy atom. The largest absolute Gasteiger partial charge is 0.389 e. The van der Waals surface area contributed by atoms with E-state index >= 15 is 0 Å². The molecule has 0 radical (unpaired) electrons. The summed E-state index contributed by atoms with van der Waals surface area (Å²) < 4.78 is 0. The van der Waals surface area contributed by atoms with Crippen molar-refractivity contribution in [1.29, 1.82) is 0 Å². The molecule has 2 atom stereocenters. The van der Waals surface area contributed by atoms with Crippen LogP contribution in [-0.2, 0) is 0 Å². The summed E-state index contributed by atoms with van der Waals surface area (Å²) in [7, 11) is 0. The Morgan fingerprint density at radius 1 is 1.26 bits per heavy atom. The lowest BCUT2D eigenvalue weighted by Gasteiger charge is -2.36. The molecule has 2 rings (SSSR count). The van der Waals surface area contributed by atoms with Crippen LogP contribution in [0.25, 0.3) is 0 Å². The zero-order valence-corrected chi connectivity index (χ0v) is 12.8. The number of hydrogen-bond donors (Lipinski definition) is 3. The molecule has 2 fully saturated rings. The van der Waals surface area contributed by atoms with Gasteiger partial charge in [0.15, 0.2) is 0 Å². The summed E-state index contributed by atoms with van der Waals surface area (Å²) >= 11 is 0. The second kappa shape index (κ2) is 7.05. The number of piperidine rings is 1. The van der Waals surface area contributed by atoms with Gasteiger partial charge in [-0.2, -0.15) is 0 Å². The third-order valence-electron chi connectivity index (χ3n) is 5.04. The van der Waals surface area contributed by atoms with Crippen LogP contribution in [0.5, 0.6) is 0 Å². The van der Waals surface area contributed by atoms with Crippen LogP contribution in [0.4, 0.5) is 0 Å². The average Bonchev–Trinajstić information content (AvgIpc) is 2.42. The van der Waals surface area contributed by atoms with Gasteiger partial charge in [-0.25, -0.2) is 0 Å². The van der Waals surface area contributed by atoms with Gasteiger partial charge < -0.3 is 15.7 Å². The van der Waals surface area contributed by atoms with Gasteiger partial charge in [0.2, 0.25) is 0 Å². The lowest BCUT2D eigenvalue weighted by Crippen LogP contribution is -2.47. The summed E-state index contributed by atoms with van der Waals surface area (Å²) in [6.07, 6.45) is 9.49. The average molecular weight is 268 g/mol. The SMILES string of the molecule is CC1CCC(O)(CNC(C)CC2CCCCN2)CC1. The molecule has 1 saturated heterocycles. The molecule has 0 spiro atoms. The van der Waals surface area contributed by atoms with Crippen LogP contribution in [0, 0.1) is 5.92 Å². The predicted octanol–water partition coefficient (Wildman–Crippen LogP) is 2.44. The molecule has 3 heteroatoms. The van der Waals surface area contributed by atoms with Crippen LogP contribution in [-0.4, -0.2) is 35.9 Å². The highest BCUT2D eigenvalue weighted by molar-refractivity contribution is 4.88. The van der Waals surface area contributed by atoms with Gasteiger partial charge in [-0.3, -0.25) is 0 Å². The van der Waals surface area contributed by atoms with Crippen LogP contribution in [0.2, 0.25) is 0 Å². The van der Waals surface area contributed by atoms with Crippen molar-refractivity contribution in [2.75, 3.05) is 13.1 Å². The third kappa shape index (κ3) is 5.05. The predicted molar refractivity (Wildman–Crippen MR) is 80.3 cm³/mol. The van der Waals surface area contributed by atoms with Gasteiger partial charge in [-0.15, -0.1) is 0 Å². The monoisotopic (exact) mass is 268 g/mol. The smallest absolute Gasteiger partial charge is 0.0771 e. The van der Waals surface area contributed by atoms with Crippen molar-refractivity contribution >= 4 is 0 Å². The van der Waals surface area contributed by atoms with E-state index in [1.807, 2.05) is 0 Å². The molecule has 1 saturated carbocycles. The maximum atomic E-state index is 10.6. The molecule has 19 heavy (non-hydrogen) atoms. The number of aliphatic hydroxyl groups is 1. The van der Waals surface area contributed by atoms with E-state index in [0.717, 1.165) is 25.3 Å². The van der Waals surface area contributed by atoms with E-state index in [4.69, 9.17) is 0 Å². The number of nitrogens with one attached hydrogen (secondary N) is 2. The molecule has 1 aliphatic heterocycles. The maximum Gasteiger partial charge on any atom is 0.0771 e. The van der Waals surface area contributed by atoms with Gasteiger partial charge in [0.25, 0.3) is 0 Å². The first-order valence-corrected chi connectivity index (χ1v) is 8.26. The lowest BCUT2D eigenvalue weighted by atomic mass is 9.79. The van der Waals surface area contributed by atoms with Crippen molar-refractivity contribution in [3.8, 4) is 0 Å². The molecule has 0 aromatic carbocycles. The minimum atomic E-state index is -0.444. The fourth-order valence-electron chi connectivity index (χ4n) is 3.48. The van der Waals surface area contributed by atoms with E-state index < -0.39 is 5.60 Å². The Bertz CT molecular complexity index is 255. The lowest BCUT2D eigenvalue weighted by molar-refractivity contribution is -0.00820. The van der Waals surface area contributed by atoms with Crippen molar-refractivity contribution in [2.24, 2.45) is 5.92 Å². The highest BCUT2D eigenvalue weighted by atomic mass is 16.3.